The van der Waals surface area contributed by atoms with Gasteiger partial charge in [0.15, 0.2) is 0 Å². The van der Waals surface area contributed by atoms with Gasteiger partial charge in [0.25, 0.3) is 0 Å². The summed E-state index contributed by atoms with van der Waals surface area (Å²) in [4.78, 5) is 0.223. The summed E-state index contributed by atoms with van der Waals surface area (Å²) < 4.78 is 28.2. The first-order valence-corrected chi connectivity index (χ1v) is 7.27. The summed E-state index contributed by atoms with van der Waals surface area (Å²) in [6.07, 6.45) is 1.76. The summed E-state index contributed by atoms with van der Waals surface area (Å²) in [5.74, 6) is 0. The van der Waals surface area contributed by atoms with E-state index in [1.165, 1.54) is 0 Å². The van der Waals surface area contributed by atoms with Crippen LogP contribution in [0.1, 0.15) is 11.3 Å². The van der Waals surface area contributed by atoms with Crippen LogP contribution in [0.25, 0.3) is 0 Å². The molecule has 0 amide bonds. The van der Waals surface area contributed by atoms with Crippen molar-refractivity contribution in [2.45, 2.75) is 18.0 Å². The maximum atomic E-state index is 12.0. The van der Waals surface area contributed by atoms with Gasteiger partial charge in [0.2, 0.25) is 10.0 Å². The summed E-state index contributed by atoms with van der Waals surface area (Å²) in [5.41, 5.74) is 7.03. The van der Waals surface area contributed by atoms with Gasteiger partial charge in [-0.1, -0.05) is 12.1 Å². The maximum Gasteiger partial charge on any atom is 0.240 e. The van der Waals surface area contributed by atoms with Crippen LogP contribution in [0.5, 0.6) is 0 Å². The number of sulfonamides is 1. The molecule has 19 heavy (non-hydrogen) atoms. The van der Waals surface area contributed by atoms with Crippen LogP contribution in [-0.4, -0.2) is 18.2 Å². The van der Waals surface area contributed by atoms with E-state index in [0.29, 0.717) is 12.2 Å². The Morgan fingerprint density at radius 1 is 1.26 bits per heavy atom. The van der Waals surface area contributed by atoms with Crippen LogP contribution in [0.4, 0.5) is 0 Å². The zero-order valence-corrected chi connectivity index (χ0v) is 11.4. The molecule has 0 saturated heterocycles. The number of aromatic nitrogens is 2. The highest BCUT2D eigenvalue weighted by Crippen LogP contribution is 2.10. The van der Waals surface area contributed by atoms with E-state index in [4.69, 9.17) is 5.73 Å². The van der Waals surface area contributed by atoms with Crippen molar-refractivity contribution in [2.75, 3.05) is 0 Å². The zero-order valence-electron chi connectivity index (χ0n) is 10.6. The topological polar surface area (TPSA) is 90.0 Å². The molecular weight excluding hydrogens is 264 g/mol. The molecule has 0 aliphatic carbocycles. The molecule has 1 aromatic carbocycles. The maximum absolute atomic E-state index is 12.0. The van der Waals surface area contributed by atoms with Crippen molar-refractivity contribution >= 4 is 10.0 Å². The van der Waals surface area contributed by atoms with Gasteiger partial charge in [0.05, 0.1) is 17.1 Å². The van der Waals surface area contributed by atoms with E-state index in [9.17, 15) is 8.42 Å². The number of aryl methyl sites for hydroxylation is 1. The largest absolute Gasteiger partial charge is 0.326 e. The standard InChI is InChI=1S/C12H16N4O2S/c1-16-7-6-11(15-16)9-14-19(17,18)12-4-2-10(8-13)3-5-12/h2-7,14H,8-9,13H2,1H3. The van der Waals surface area contributed by atoms with E-state index < -0.39 is 10.0 Å². The molecule has 0 unspecified atom stereocenters. The number of hydrogen-bond acceptors (Lipinski definition) is 4. The number of benzene rings is 1. The molecule has 102 valence electrons. The first-order chi connectivity index (χ1) is 9.01. The van der Waals surface area contributed by atoms with Crippen LogP contribution in [-0.2, 0) is 30.2 Å². The summed E-state index contributed by atoms with van der Waals surface area (Å²) in [6, 6.07) is 8.26. The Morgan fingerprint density at radius 3 is 2.47 bits per heavy atom. The predicted molar refractivity (Wildman–Crippen MR) is 71.6 cm³/mol. The molecule has 0 spiro atoms. The Balaban J connectivity index is 2.09. The highest BCUT2D eigenvalue weighted by Gasteiger charge is 2.13. The van der Waals surface area contributed by atoms with Crippen LogP contribution in [0, 0.1) is 0 Å². The molecule has 0 radical (unpaired) electrons. The lowest BCUT2D eigenvalue weighted by atomic mass is 10.2. The van der Waals surface area contributed by atoms with Crippen molar-refractivity contribution in [3.8, 4) is 0 Å². The SMILES string of the molecule is Cn1ccc(CNS(=O)(=O)c2ccc(CN)cc2)n1. The van der Waals surface area contributed by atoms with Crippen LogP contribution >= 0.6 is 0 Å². The van der Waals surface area contributed by atoms with E-state index in [1.54, 1.807) is 48.3 Å². The highest BCUT2D eigenvalue weighted by atomic mass is 32.2. The molecule has 6 nitrogen and oxygen atoms in total. The van der Waals surface area contributed by atoms with Gasteiger partial charge < -0.3 is 5.73 Å². The molecule has 2 rings (SSSR count). The number of nitrogens with one attached hydrogen (secondary N) is 1. The second kappa shape index (κ2) is 5.52. The first-order valence-electron chi connectivity index (χ1n) is 5.78. The van der Waals surface area contributed by atoms with Crippen LogP contribution in [0.3, 0.4) is 0 Å². The molecule has 0 aliphatic heterocycles. The summed E-state index contributed by atoms with van der Waals surface area (Å²) in [7, 11) is -1.73. The van der Waals surface area contributed by atoms with Crippen molar-refractivity contribution in [1.82, 2.24) is 14.5 Å². The lowest BCUT2D eigenvalue weighted by Gasteiger charge is -2.06. The molecule has 1 heterocycles. The molecule has 0 atom stereocenters. The second-order valence-corrected chi connectivity index (χ2v) is 5.92. The van der Waals surface area contributed by atoms with E-state index in [-0.39, 0.29) is 11.4 Å². The molecule has 2 aromatic rings. The van der Waals surface area contributed by atoms with E-state index >= 15 is 0 Å². The number of rotatable bonds is 5. The fourth-order valence-corrected chi connectivity index (χ4v) is 2.61. The third-order valence-corrected chi connectivity index (χ3v) is 4.10. The summed E-state index contributed by atoms with van der Waals surface area (Å²) in [6.45, 7) is 0.559. The summed E-state index contributed by atoms with van der Waals surface area (Å²) >= 11 is 0. The summed E-state index contributed by atoms with van der Waals surface area (Å²) in [5, 5.41) is 4.11. The Labute approximate surface area is 112 Å². The lowest BCUT2D eigenvalue weighted by molar-refractivity contribution is 0.579. The second-order valence-electron chi connectivity index (χ2n) is 4.15. The average Bonchev–Trinajstić information content (AvgIpc) is 2.82. The molecule has 3 N–H and O–H groups in total. The number of nitrogens with zero attached hydrogens (tertiary/aromatic N) is 2. The molecule has 7 heteroatoms. The normalized spacial score (nSPS) is 11.7. The van der Waals surface area contributed by atoms with Gasteiger partial charge in [-0.05, 0) is 23.8 Å². The molecule has 1 aromatic heterocycles. The minimum Gasteiger partial charge on any atom is -0.326 e. The Kier molecular flexibility index (Phi) is 3.98. The predicted octanol–water partition coefficient (Wildman–Crippen LogP) is 0.357. The fourth-order valence-electron chi connectivity index (χ4n) is 1.61. The third-order valence-electron chi connectivity index (χ3n) is 2.68. The van der Waals surface area contributed by atoms with Crippen molar-refractivity contribution < 1.29 is 8.42 Å². The zero-order chi connectivity index (χ0) is 13.9. The van der Waals surface area contributed by atoms with Gasteiger partial charge >= 0.3 is 0 Å². The smallest absolute Gasteiger partial charge is 0.240 e. The Bertz CT molecular complexity index is 647. The minimum atomic E-state index is -3.51. The van der Waals surface area contributed by atoms with E-state index in [0.717, 1.165) is 5.56 Å². The van der Waals surface area contributed by atoms with Crippen molar-refractivity contribution in [1.29, 1.82) is 0 Å². The van der Waals surface area contributed by atoms with E-state index in [1.807, 2.05) is 0 Å². The van der Waals surface area contributed by atoms with Gasteiger partial charge in [0.1, 0.15) is 0 Å². The lowest BCUT2D eigenvalue weighted by Crippen LogP contribution is -2.23. The fraction of sp³-hybridized carbons (Fsp3) is 0.250. The third kappa shape index (κ3) is 3.40. The van der Waals surface area contributed by atoms with Gasteiger partial charge in [-0.25, -0.2) is 13.1 Å². The molecular formula is C12H16N4O2S. The van der Waals surface area contributed by atoms with Crippen LogP contribution in [0.15, 0.2) is 41.4 Å². The Morgan fingerprint density at radius 2 is 1.95 bits per heavy atom. The number of nitrogens with two attached hydrogens (primary N) is 1. The minimum absolute atomic E-state index is 0.168. The van der Waals surface area contributed by atoms with Crippen molar-refractivity contribution in [2.24, 2.45) is 12.8 Å². The molecule has 0 aliphatic rings. The first kappa shape index (κ1) is 13.7. The van der Waals surface area contributed by atoms with Crippen molar-refractivity contribution in [3.05, 3.63) is 47.8 Å². The molecule has 0 fully saturated rings. The average molecular weight is 280 g/mol. The monoisotopic (exact) mass is 280 g/mol. The van der Waals surface area contributed by atoms with E-state index in [2.05, 4.69) is 9.82 Å². The van der Waals surface area contributed by atoms with Gasteiger partial charge in [0, 0.05) is 19.8 Å². The van der Waals surface area contributed by atoms with Crippen LogP contribution in [0.2, 0.25) is 0 Å². The van der Waals surface area contributed by atoms with Crippen molar-refractivity contribution in [3.63, 3.8) is 0 Å². The Hall–Kier alpha value is -1.70. The quantitative estimate of drug-likeness (QED) is 0.827. The van der Waals surface area contributed by atoms with Gasteiger partial charge in [-0.3, -0.25) is 4.68 Å². The molecule has 0 bridgehead atoms. The number of hydrogen-bond donors (Lipinski definition) is 2. The molecule has 0 saturated carbocycles. The van der Waals surface area contributed by atoms with Gasteiger partial charge in [-0.2, -0.15) is 5.10 Å². The van der Waals surface area contributed by atoms with Crippen LogP contribution < -0.4 is 10.5 Å². The van der Waals surface area contributed by atoms with Gasteiger partial charge in [-0.15, -0.1) is 0 Å². The highest BCUT2D eigenvalue weighted by molar-refractivity contribution is 7.89.